The molecule has 1 N–H and O–H groups in total. The average Bonchev–Trinajstić information content (AvgIpc) is 3.38. The minimum absolute atomic E-state index is 0.00673. The molecule has 0 saturated carbocycles. The van der Waals surface area contributed by atoms with E-state index in [1.807, 2.05) is 31.2 Å². The predicted octanol–water partition coefficient (Wildman–Crippen LogP) is 0.776. The van der Waals surface area contributed by atoms with Gasteiger partial charge in [0.05, 0.1) is 29.9 Å². The number of amides is 1. The zero-order valence-corrected chi connectivity index (χ0v) is 19.1. The number of nitrogens with zero attached hydrogens (tertiary/aromatic N) is 1. The third-order valence-corrected chi connectivity index (χ3v) is 5.87. The molecule has 2 heterocycles. The van der Waals surface area contributed by atoms with Crippen LogP contribution in [0.5, 0.6) is 5.75 Å². The molecule has 32 heavy (non-hydrogen) atoms. The SMILES string of the molecule is CCOC(=O)/C=c1\s/c(=C\c2ccc(OCC)cc2)c(=O)n1CC(=O)NC[C@@H]1CCCO1. The highest BCUT2D eigenvalue weighted by molar-refractivity contribution is 7.07. The van der Waals surface area contributed by atoms with Crippen LogP contribution in [0.2, 0.25) is 0 Å². The topological polar surface area (TPSA) is 95.9 Å². The Labute approximate surface area is 190 Å². The molecular weight excluding hydrogens is 432 g/mol. The van der Waals surface area contributed by atoms with Crippen molar-refractivity contribution in [1.29, 1.82) is 0 Å². The molecule has 2 aromatic rings. The number of carbonyl (C=O) groups excluding carboxylic acids is 2. The highest BCUT2D eigenvalue weighted by Crippen LogP contribution is 2.12. The molecule has 3 rings (SSSR count). The Hall–Kier alpha value is -2.91. The summed E-state index contributed by atoms with van der Waals surface area (Å²) in [5.74, 6) is -0.131. The van der Waals surface area contributed by atoms with Crippen LogP contribution in [0, 0.1) is 0 Å². The Kier molecular flexibility index (Phi) is 8.64. The lowest BCUT2D eigenvalue weighted by atomic mass is 10.2. The van der Waals surface area contributed by atoms with Gasteiger partial charge >= 0.3 is 5.97 Å². The smallest absolute Gasteiger partial charge is 0.333 e. The average molecular weight is 461 g/mol. The van der Waals surface area contributed by atoms with Crippen LogP contribution in [0.25, 0.3) is 12.2 Å². The first-order valence-electron chi connectivity index (χ1n) is 10.7. The summed E-state index contributed by atoms with van der Waals surface area (Å²) in [6.45, 7) is 5.32. The fraction of sp³-hybridized carbons (Fsp3) is 0.435. The minimum atomic E-state index is -0.560. The number of hydrogen-bond acceptors (Lipinski definition) is 7. The largest absolute Gasteiger partial charge is 0.494 e. The molecule has 0 unspecified atom stereocenters. The molecule has 1 fully saturated rings. The van der Waals surface area contributed by atoms with Crippen molar-refractivity contribution in [1.82, 2.24) is 9.88 Å². The van der Waals surface area contributed by atoms with E-state index >= 15 is 0 Å². The highest BCUT2D eigenvalue weighted by atomic mass is 32.1. The number of ether oxygens (including phenoxy) is 3. The van der Waals surface area contributed by atoms with Gasteiger partial charge in [-0.3, -0.25) is 14.2 Å². The van der Waals surface area contributed by atoms with Crippen molar-refractivity contribution in [3.8, 4) is 5.75 Å². The third kappa shape index (κ3) is 6.54. The third-order valence-electron chi connectivity index (χ3n) is 4.81. The van der Waals surface area contributed by atoms with E-state index in [4.69, 9.17) is 14.2 Å². The molecule has 1 amide bonds. The number of nitrogens with one attached hydrogen (secondary N) is 1. The Morgan fingerprint density at radius 1 is 1.25 bits per heavy atom. The lowest BCUT2D eigenvalue weighted by molar-refractivity contribution is -0.135. The molecule has 172 valence electrons. The zero-order chi connectivity index (χ0) is 22.9. The standard InChI is InChI=1S/C23H28N2O6S/c1-3-29-17-9-7-16(8-10-17)12-19-23(28)25(21(32-19)13-22(27)30-4-2)15-20(26)24-14-18-6-5-11-31-18/h7-10,12-13,18H,3-6,11,14-15H2,1-2H3,(H,24,26)/b19-12-,21-13-/t18-/m0/s1. The zero-order valence-electron chi connectivity index (χ0n) is 18.3. The molecule has 0 radical (unpaired) electrons. The van der Waals surface area contributed by atoms with Crippen LogP contribution in [-0.4, -0.2) is 48.9 Å². The van der Waals surface area contributed by atoms with Gasteiger partial charge in [-0.1, -0.05) is 12.1 Å². The maximum absolute atomic E-state index is 13.0. The normalized spacial score (nSPS) is 16.9. The van der Waals surface area contributed by atoms with Gasteiger partial charge in [0.2, 0.25) is 5.91 Å². The number of rotatable bonds is 9. The van der Waals surface area contributed by atoms with Crippen molar-refractivity contribution in [3.63, 3.8) is 0 Å². The molecule has 1 aliphatic rings. The van der Waals surface area contributed by atoms with Gasteiger partial charge in [-0.25, -0.2) is 4.79 Å². The summed E-state index contributed by atoms with van der Waals surface area (Å²) in [7, 11) is 0. The summed E-state index contributed by atoms with van der Waals surface area (Å²) in [5, 5.41) is 2.81. The number of thiazole rings is 1. The maximum atomic E-state index is 13.0. The predicted molar refractivity (Wildman–Crippen MR) is 122 cm³/mol. The second kappa shape index (κ2) is 11.6. The van der Waals surface area contributed by atoms with Gasteiger partial charge in [0, 0.05) is 13.2 Å². The molecule has 1 aromatic carbocycles. The van der Waals surface area contributed by atoms with Crippen molar-refractivity contribution in [2.24, 2.45) is 0 Å². The van der Waals surface area contributed by atoms with E-state index in [2.05, 4.69) is 5.32 Å². The van der Waals surface area contributed by atoms with E-state index in [1.165, 1.54) is 10.6 Å². The summed E-state index contributed by atoms with van der Waals surface area (Å²) in [5.41, 5.74) is 0.469. The van der Waals surface area contributed by atoms with Crippen LogP contribution in [0.3, 0.4) is 0 Å². The maximum Gasteiger partial charge on any atom is 0.333 e. The second-order valence-electron chi connectivity index (χ2n) is 7.18. The van der Waals surface area contributed by atoms with Crippen LogP contribution >= 0.6 is 11.3 Å². The van der Waals surface area contributed by atoms with Crippen LogP contribution in [-0.2, 0) is 25.6 Å². The first-order chi connectivity index (χ1) is 15.5. The van der Waals surface area contributed by atoms with E-state index in [-0.39, 0.29) is 30.7 Å². The minimum Gasteiger partial charge on any atom is -0.494 e. The quantitative estimate of drug-likeness (QED) is 0.556. The molecular formula is C23H28N2O6S. The number of esters is 1. The summed E-state index contributed by atoms with van der Waals surface area (Å²) in [6, 6.07) is 7.34. The van der Waals surface area contributed by atoms with Gasteiger partial charge in [-0.05, 0) is 50.5 Å². The Morgan fingerprint density at radius 2 is 2.03 bits per heavy atom. The van der Waals surface area contributed by atoms with Gasteiger partial charge in [0.15, 0.2) is 0 Å². The molecule has 0 aliphatic carbocycles. The summed E-state index contributed by atoms with van der Waals surface area (Å²) >= 11 is 1.14. The summed E-state index contributed by atoms with van der Waals surface area (Å²) in [4.78, 5) is 37.5. The lowest BCUT2D eigenvalue weighted by Crippen LogP contribution is -2.40. The molecule has 1 atom stereocenters. The molecule has 1 saturated heterocycles. The summed E-state index contributed by atoms with van der Waals surface area (Å²) < 4.78 is 18.0. The van der Waals surface area contributed by atoms with Crippen LogP contribution in [0.1, 0.15) is 32.3 Å². The number of carbonyl (C=O) groups is 2. The van der Waals surface area contributed by atoms with Gasteiger partial charge in [-0.15, -0.1) is 11.3 Å². The highest BCUT2D eigenvalue weighted by Gasteiger charge is 2.17. The molecule has 0 spiro atoms. The van der Waals surface area contributed by atoms with Crippen LogP contribution < -0.4 is 24.8 Å². The van der Waals surface area contributed by atoms with Crippen molar-refractivity contribution < 1.29 is 23.8 Å². The Balaban J connectivity index is 1.88. The Bertz CT molecular complexity index is 1100. The molecule has 0 bridgehead atoms. The van der Waals surface area contributed by atoms with E-state index in [0.717, 1.165) is 35.5 Å². The molecule has 8 nitrogen and oxygen atoms in total. The number of benzene rings is 1. The van der Waals surface area contributed by atoms with E-state index in [1.54, 1.807) is 13.0 Å². The van der Waals surface area contributed by atoms with Gasteiger partial charge in [0.1, 0.15) is 17.0 Å². The monoisotopic (exact) mass is 460 g/mol. The van der Waals surface area contributed by atoms with Crippen LogP contribution in [0.4, 0.5) is 0 Å². The van der Waals surface area contributed by atoms with Crippen molar-refractivity contribution in [2.45, 2.75) is 39.3 Å². The van der Waals surface area contributed by atoms with E-state index < -0.39 is 5.97 Å². The van der Waals surface area contributed by atoms with Crippen molar-refractivity contribution in [3.05, 3.63) is 49.4 Å². The van der Waals surface area contributed by atoms with Gasteiger partial charge < -0.3 is 19.5 Å². The number of aromatic nitrogens is 1. The first-order valence-corrected chi connectivity index (χ1v) is 11.5. The number of hydrogen-bond donors (Lipinski definition) is 1. The van der Waals surface area contributed by atoms with Crippen LogP contribution in [0.15, 0.2) is 29.1 Å². The first kappa shape index (κ1) is 23.7. The molecule has 9 heteroatoms. The van der Waals surface area contributed by atoms with Crippen molar-refractivity contribution >= 4 is 35.4 Å². The molecule has 1 aromatic heterocycles. The van der Waals surface area contributed by atoms with Gasteiger partial charge in [0.25, 0.3) is 5.56 Å². The summed E-state index contributed by atoms with van der Waals surface area (Å²) in [6.07, 6.45) is 4.87. The second-order valence-corrected chi connectivity index (χ2v) is 8.24. The fourth-order valence-corrected chi connectivity index (χ4v) is 4.32. The van der Waals surface area contributed by atoms with E-state index in [0.29, 0.717) is 29.0 Å². The molecule has 1 aliphatic heterocycles. The lowest BCUT2D eigenvalue weighted by Gasteiger charge is -2.10. The van der Waals surface area contributed by atoms with E-state index in [9.17, 15) is 14.4 Å². The van der Waals surface area contributed by atoms with Gasteiger partial charge in [-0.2, -0.15) is 0 Å². The fourth-order valence-electron chi connectivity index (χ4n) is 3.29. The van der Waals surface area contributed by atoms with Crippen molar-refractivity contribution in [2.75, 3.05) is 26.4 Å². The Morgan fingerprint density at radius 3 is 2.69 bits per heavy atom.